The molecule has 0 N–H and O–H groups in total. The van der Waals surface area contributed by atoms with E-state index in [9.17, 15) is 4.79 Å². The molecule has 17 heavy (non-hydrogen) atoms. The zero-order chi connectivity index (χ0) is 12.3. The predicted octanol–water partition coefficient (Wildman–Crippen LogP) is 3.38. The third-order valence-electron chi connectivity index (χ3n) is 2.41. The molecule has 0 aliphatic rings. The highest BCUT2D eigenvalue weighted by Crippen LogP contribution is 2.19. The summed E-state index contributed by atoms with van der Waals surface area (Å²) in [5, 5.41) is 0.712. The average molecular weight is 250 g/mol. The highest BCUT2D eigenvalue weighted by atomic mass is 35.5. The van der Waals surface area contributed by atoms with Crippen LogP contribution in [0.3, 0.4) is 0 Å². The first kappa shape index (κ1) is 11.7. The Balaban J connectivity index is 2.10. The fourth-order valence-electron chi connectivity index (χ4n) is 1.60. The van der Waals surface area contributed by atoms with Gasteiger partial charge in [-0.1, -0.05) is 23.7 Å². The second kappa shape index (κ2) is 5.06. The summed E-state index contributed by atoms with van der Waals surface area (Å²) >= 11 is 5.91. The molecule has 0 saturated heterocycles. The molecule has 2 aromatic rings. The van der Waals surface area contributed by atoms with Gasteiger partial charge < -0.3 is 9.32 Å². The van der Waals surface area contributed by atoms with E-state index in [2.05, 4.69) is 0 Å². The van der Waals surface area contributed by atoms with Crippen molar-refractivity contribution < 1.29 is 9.21 Å². The molecule has 0 amide bonds. The lowest BCUT2D eigenvalue weighted by atomic mass is 10.2. The van der Waals surface area contributed by atoms with Gasteiger partial charge in [-0.15, -0.1) is 0 Å². The molecule has 0 radical (unpaired) electrons. The van der Waals surface area contributed by atoms with E-state index in [4.69, 9.17) is 16.0 Å². The number of carbonyl (C=O) groups is 1. The molecule has 0 fully saturated rings. The van der Waals surface area contributed by atoms with Crippen molar-refractivity contribution in [2.45, 2.75) is 6.54 Å². The Morgan fingerprint density at radius 1 is 1.35 bits per heavy atom. The summed E-state index contributed by atoms with van der Waals surface area (Å²) in [4.78, 5) is 12.4. The normalized spacial score (nSPS) is 10.2. The van der Waals surface area contributed by atoms with Crippen molar-refractivity contribution in [3.63, 3.8) is 0 Å². The van der Waals surface area contributed by atoms with Crippen LogP contribution >= 0.6 is 11.6 Å². The van der Waals surface area contributed by atoms with E-state index in [1.807, 2.05) is 36.2 Å². The average Bonchev–Trinajstić information content (AvgIpc) is 2.77. The van der Waals surface area contributed by atoms with Crippen molar-refractivity contribution in [1.29, 1.82) is 0 Å². The molecule has 1 aromatic carbocycles. The van der Waals surface area contributed by atoms with Crippen molar-refractivity contribution in [3.05, 3.63) is 52.7 Å². The van der Waals surface area contributed by atoms with Gasteiger partial charge in [0.25, 0.3) is 0 Å². The Hall–Kier alpha value is -1.74. The maximum Gasteiger partial charge on any atom is 0.196 e. The Kier molecular flexibility index (Phi) is 3.49. The fraction of sp³-hybridized carbons (Fsp3) is 0.154. The smallest absolute Gasteiger partial charge is 0.196 e. The van der Waals surface area contributed by atoms with Gasteiger partial charge in [0.15, 0.2) is 17.9 Å². The first-order valence-electron chi connectivity index (χ1n) is 5.19. The van der Waals surface area contributed by atoms with Crippen LogP contribution in [-0.4, -0.2) is 13.3 Å². The number of carbonyl (C=O) groups excluding carboxylic acids is 1. The van der Waals surface area contributed by atoms with Crippen molar-refractivity contribution in [2.75, 3.05) is 11.9 Å². The van der Waals surface area contributed by atoms with E-state index in [1.54, 1.807) is 12.1 Å². The van der Waals surface area contributed by atoms with Crippen molar-refractivity contribution >= 4 is 23.8 Å². The van der Waals surface area contributed by atoms with Gasteiger partial charge in [0.2, 0.25) is 0 Å². The van der Waals surface area contributed by atoms with E-state index in [0.717, 1.165) is 5.56 Å². The van der Waals surface area contributed by atoms with E-state index < -0.39 is 0 Å². The molecule has 4 heteroatoms. The molecule has 0 atom stereocenters. The standard InChI is InChI=1S/C13H12ClNO2/c1-15(13-6-5-12(9-16)17-13)8-10-3-2-4-11(14)7-10/h2-7,9H,8H2,1H3. The summed E-state index contributed by atoms with van der Waals surface area (Å²) in [7, 11) is 1.90. The van der Waals surface area contributed by atoms with Crippen LogP contribution in [0, 0.1) is 0 Å². The van der Waals surface area contributed by atoms with Gasteiger partial charge in [0, 0.05) is 24.7 Å². The number of rotatable bonds is 4. The molecule has 3 nitrogen and oxygen atoms in total. The Labute approximate surface area is 105 Å². The van der Waals surface area contributed by atoms with Gasteiger partial charge in [0.05, 0.1) is 0 Å². The second-order valence-corrected chi connectivity index (χ2v) is 4.22. The molecule has 0 saturated carbocycles. The number of halogens is 1. The highest BCUT2D eigenvalue weighted by Gasteiger charge is 2.07. The van der Waals surface area contributed by atoms with Gasteiger partial charge in [-0.25, -0.2) is 0 Å². The van der Waals surface area contributed by atoms with Gasteiger partial charge in [-0.2, -0.15) is 0 Å². The lowest BCUT2D eigenvalue weighted by molar-refractivity contribution is 0.110. The van der Waals surface area contributed by atoms with Crippen LogP contribution in [-0.2, 0) is 6.54 Å². The highest BCUT2D eigenvalue weighted by molar-refractivity contribution is 6.30. The minimum atomic E-state index is 0.331. The Bertz CT molecular complexity index is 522. The fourth-order valence-corrected chi connectivity index (χ4v) is 1.81. The Morgan fingerprint density at radius 2 is 2.18 bits per heavy atom. The summed E-state index contributed by atoms with van der Waals surface area (Å²) in [6.07, 6.45) is 0.691. The monoisotopic (exact) mass is 249 g/mol. The summed E-state index contributed by atoms with van der Waals surface area (Å²) < 4.78 is 5.32. The molecule has 1 aromatic heterocycles. The van der Waals surface area contributed by atoms with Gasteiger partial charge in [-0.3, -0.25) is 4.79 Å². The summed E-state index contributed by atoms with van der Waals surface area (Å²) in [6.45, 7) is 0.673. The number of hydrogen-bond donors (Lipinski definition) is 0. The Morgan fingerprint density at radius 3 is 2.82 bits per heavy atom. The van der Waals surface area contributed by atoms with E-state index in [-0.39, 0.29) is 0 Å². The molecule has 1 heterocycles. The lowest BCUT2D eigenvalue weighted by Gasteiger charge is -2.15. The number of nitrogens with zero attached hydrogens (tertiary/aromatic N) is 1. The number of anilines is 1. The summed E-state index contributed by atoms with van der Waals surface area (Å²) in [5.74, 6) is 0.991. The molecule has 0 aliphatic carbocycles. The van der Waals surface area contributed by atoms with E-state index in [0.29, 0.717) is 29.5 Å². The first-order valence-corrected chi connectivity index (χ1v) is 5.57. The van der Waals surface area contributed by atoms with Crippen molar-refractivity contribution in [3.8, 4) is 0 Å². The quantitative estimate of drug-likeness (QED) is 0.779. The molecule has 2 rings (SSSR count). The summed E-state index contributed by atoms with van der Waals surface area (Å²) in [5.41, 5.74) is 1.09. The number of furan rings is 1. The largest absolute Gasteiger partial charge is 0.438 e. The lowest BCUT2D eigenvalue weighted by Crippen LogP contribution is -2.15. The minimum absolute atomic E-state index is 0.331. The first-order chi connectivity index (χ1) is 8.19. The number of aldehydes is 1. The van der Waals surface area contributed by atoms with Crippen LogP contribution in [0.15, 0.2) is 40.8 Å². The molecule has 88 valence electrons. The molecular formula is C13H12ClNO2. The zero-order valence-corrected chi connectivity index (χ0v) is 10.1. The molecule has 0 aliphatic heterocycles. The molecule has 0 spiro atoms. The van der Waals surface area contributed by atoms with Gasteiger partial charge in [-0.05, 0) is 23.8 Å². The van der Waals surface area contributed by atoms with E-state index >= 15 is 0 Å². The van der Waals surface area contributed by atoms with Crippen LogP contribution in [0.5, 0.6) is 0 Å². The molecular weight excluding hydrogens is 238 g/mol. The van der Waals surface area contributed by atoms with Crippen LogP contribution in [0.25, 0.3) is 0 Å². The number of hydrogen-bond acceptors (Lipinski definition) is 3. The van der Waals surface area contributed by atoms with Crippen LogP contribution < -0.4 is 4.90 Å². The third-order valence-corrected chi connectivity index (χ3v) is 2.65. The minimum Gasteiger partial charge on any atom is -0.438 e. The van der Waals surface area contributed by atoms with Crippen LogP contribution in [0.4, 0.5) is 5.88 Å². The zero-order valence-electron chi connectivity index (χ0n) is 9.39. The van der Waals surface area contributed by atoms with Crippen LogP contribution in [0.1, 0.15) is 16.1 Å². The van der Waals surface area contributed by atoms with Crippen molar-refractivity contribution in [2.24, 2.45) is 0 Å². The van der Waals surface area contributed by atoms with Gasteiger partial charge in [0.1, 0.15) is 0 Å². The number of benzene rings is 1. The second-order valence-electron chi connectivity index (χ2n) is 3.78. The predicted molar refractivity (Wildman–Crippen MR) is 67.7 cm³/mol. The summed E-state index contributed by atoms with van der Waals surface area (Å²) in [6, 6.07) is 11.1. The topological polar surface area (TPSA) is 33.5 Å². The maximum atomic E-state index is 10.5. The SMILES string of the molecule is CN(Cc1cccc(Cl)c1)c1ccc(C=O)o1. The van der Waals surface area contributed by atoms with Gasteiger partial charge >= 0.3 is 0 Å². The van der Waals surface area contributed by atoms with Crippen LogP contribution in [0.2, 0.25) is 5.02 Å². The molecule has 0 bridgehead atoms. The van der Waals surface area contributed by atoms with Crippen molar-refractivity contribution in [1.82, 2.24) is 0 Å². The maximum absolute atomic E-state index is 10.5. The molecule has 0 unspecified atom stereocenters. The van der Waals surface area contributed by atoms with E-state index in [1.165, 1.54) is 0 Å². The third kappa shape index (κ3) is 2.88.